The molecule has 5 rings (SSSR count). The molecule has 2 unspecified atom stereocenters. The van der Waals surface area contributed by atoms with Gasteiger partial charge in [0.05, 0.1) is 12.1 Å². The van der Waals surface area contributed by atoms with Crippen molar-refractivity contribution in [1.29, 1.82) is 0 Å². The van der Waals surface area contributed by atoms with Crippen LogP contribution in [0.2, 0.25) is 0 Å². The highest BCUT2D eigenvalue weighted by atomic mass is 32.2. The predicted octanol–water partition coefficient (Wildman–Crippen LogP) is 3.95. The number of rotatable bonds is 7. The number of amides is 1. The molecule has 0 radical (unpaired) electrons. The second kappa shape index (κ2) is 8.84. The van der Waals surface area contributed by atoms with Crippen LogP contribution >= 0.6 is 11.9 Å². The van der Waals surface area contributed by atoms with E-state index in [0.29, 0.717) is 12.2 Å². The van der Waals surface area contributed by atoms with E-state index in [1.807, 2.05) is 54.6 Å². The van der Waals surface area contributed by atoms with E-state index in [-0.39, 0.29) is 5.91 Å². The Kier molecular flexibility index (Phi) is 5.74. The van der Waals surface area contributed by atoms with Gasteiger partial charge in [0.2, 0.25) is 5.91 Å². The summed E-state index contributed by atoms with van der Waals surface area (Å²) in [5, 5.41) is 18.6. The van der Waals surface area contributed by atoms with Gasteiger partial charge in [-0.3, -0.25) is 13.8 Å². The summed E-state index contributed by atoms with van der Waals surface area (Å²) in [4.78, 5) is 13.2. The lowest BCUT2D eigenvalue weighted by molar-refractivity contribution is -0.145. The molecule has 1 saturated heterocycles. The summed E-state index contributed by atoms with van der Waals surface area (Å²) in [5.74, 6) is -0.639. The lowest BCUT2D eigenvalue weighted by Crippen LogP contribution is -2.53. The first-order chi connectivity index (χ1) is 16.1. The Hall–Kier alpha value is -3.42. The van der Waals surface area contributed by atoms with Gasteiger partial charge in [-0.25, -0.2) is 0 Å². The van der Waals surface area contributed by atoms with Crippen molar-refractivity contribution in [1.82, 2.24) is 19.3 Å². The Bertz CT molecular complexity index is 1130. The summed E-state index contributed by atoms with van der Waals surface area (Å²) in [5.41, 5.74) is 3.66. The van der Waals surface area contributed by atoms with Crippen LogP contribution in [0.15, 0.2) is 97.2 Å². The lowest BCUT2D eigenvalue weighted by atomic mass is 9.84. The molecular formula is C26H24N4O2S. The Morgan fingerprint density at radius 2 is 1.39 bits per heavy atom. The number of carbonyl (C=O) groups is 1. The van der Waals surface area contributed by atoms with Crippen molar-refractivity contribution in [2.75, 3.05) is 6.54 Å². The van der Waals surface area contributed by atoms with Crippen LogP contribution in [0.1, 0.15) is 28.5 Å². The second-order valence-corrected chi connectivity index (χ2v) is 9.37. The van der Waals surface area contributed by atoms with Crippen LogP contribution in [0.25, 0.3) is 0 Å². The third-order valence-electron chi connectivity index (χ3n) is 6.02. The van der Waals surface area contributed by atoms with Gasteiger partial charge in [0, 0.05) is 13.6 Å². The molecule has 2 heterocycles. The predicted molar refractivity (Wildman–Crippen MR) is 128 cm³/mol. The second-order valence-electron chi connectivity index (χ2n) is 8.14. The number of benzene rings is 3. The molecule has 7 heteroatoms. The summed E-state index contributed by atoms with van der Waals surface area (Å²) < 4.78 is 2.67. The van der Waals surface area contributed by atoms with E-state index in [2.05, 4.69) is 46.7 Å². The number of carbonyl (C=O) groups excluding carboxylic acids is 1. The summed E-state index contributed by atoms with van der Waals surface area (Å²) in [6, 6.07) is 30.7. The van der Waals surface area contributed by atoms with E-state index in [1.54, 1.807) is 17.5 Å². The molecule has 1 N–H and O–H groups in total. The van der Waals surface area contributed by atoms with Crippen molar-refractivity contribution in [3.63, 3.8) is 0 Å². The van der Waals surface area contributed by atoms with Crippen LogP contribution in [0, 0.1) is 5.92 Å². The topological polar surface area (TPSA) is 71.2 Å². The van der Waals surface area contributed by atoms with E-state index in [0.717, 1.165) is 16.7 Å². The highest BCUT2D eigenvalue weighted by molar-refractivity contribution is 7.99. The average Bonchev–Trinajstić information content (AvgIpc) is 3.31. The number of aromatic nitrogens is 3. The molecule has 1 aliphatic heterocycles. The minimum atomic E-state index is -0.970. The number of hydrogen-bond acceptors (Lipinski definition) is 5. The fourth-order valence-corrected chi connectivity index (χ4v) is 5.80. The summed E-state index contributed by atoms with van der Waals surface area (Å²) >= 11 is 1.50. The first kappa shape index (κ1) is 21.4. The van der Waals surface area contributed by atoms with E-state index >= 15 is 0 Å². The van der Waals surface area contributed by atoms with Gasteiger partial charge in [-0.05, 0) is 28.6 Å². The van der Waals surface area contributed by atoms with Crippen molar-refractivity contribution in [3.05, 3.63) is 120 Å². The normalized spacial score (nSPS) is 17.0. The zero-order valence-corrected chi connectivity index (χ0v) is 19.0. The van der Waals surface area contributed by atoms with E-state index < -0.39 is 16.8 Å². The van der Waals surface area contributed by atoms with Crippen LogP contribution in [0.5, 0.6) is 0 Å². The Morgan fingerprint density at radius 1 is 0.909 bits per heavy atom. The summed E-state index contributed by atoms with van der Waals surface area (Å²) in [6.45, 7) is 0.426. The van der Waals surface area contributed by atoms with Gasteiger partial charge in [0.15, 0.2) is 0 Å². The van der Waals surface area contributed by atoms with Gasteiger partial charge >= 0.3 is 0 Å². The summed E-state index contributed by atoms with van der Waals surface area (Å²) in [6.07, 6.45) is 0.679. The van der Waals surface area contributed by atoms with Crippen molar-refractivity contribution in [2.24, 2.45) is 13.0 Å². The molecule has 33 heavy (non-hydrogen) atoms. The molecule has 0 saturated carbocycles. The zero-order chi connectivity index (χ0) is 22.8. The maximum atomic E-state index is 13.2. The maximum absolute atomic E-state index is 13.2. The highest BCUT2D eigenvalue weighted by Gasteiger charge is 2.49. The van der Waals surface area contributed by atoms with Gasteiger partial charge in [0.25, 0.3) is 0 Å². The van der Waals surface area contributed by atoms with Crippen molar-refractivity contribution < 1.29 is 9.90 Å². The number of β-lactam (4-membered cyclic amide) rings is 1. The fourth-order valence-electron chi connectivity index (χ4n) is 4.29. The molecule has 2 atom stereocenters. The molecule has 3 aromatic carbocycles. The Balaban J connectivity index is 1.53. The van der Waals surface area contributed by atoms with E-state index in [9.17, 15) is 9.90 Å². The quantitative estimate of drug-likeness (QED) is 0.259. The molecule has 0 aliphatic carbocycles. The van der Waals surface area contributed by atoms with Crippen LogP contribution in [-0.2, 0) is 16.6 Å². The first-order valence-corrected chi connectivity index (χ1v) is 11.6. The summed E-state index contributed by atoms with van der Waals surface area (Å²) in [7, 11) is 1.74. The molecule has 1 aliphatic rings. The van der Waals surface area contributed by atoms with E-state index in [1.165, 1.54) is 16.6 Å². The van der Waals surface area contributed by atoms with Crippen molar-refractivity contribution >= 4 is 17.9 Å². The van der Waals surface area contributed by atoms with E-state index in [4.69, 9.17) is 0 Å². The molecular weight excluding hydrogens is 432 g/mol. The van der Waals surface area contributed by atoms with Crippen molar-refractivity contribution in [2.45, 2.75) is 10.9 Å². The third-order valence-corrected chi connectivity index (χ3v) is 7.55. The Labute approximate surface area is 197 Å². The fraction of sp³-hybridized carbons (Fsp3) is 0.192. The molecule has 1 aromatic heterocycles. The molecule has 0 bridgehead atoms. The number of aliphatic hydroxyl groups is 1. The number of aliphatic hydroxyl groups excluding tert-OH is 1. The van der Waals surface area contributed by atoms with Crippen molar-refractivity contribution in [3.8, 4) is 0 Å². The molecule has 0 spiro atoms. The molecule has 4 aromatic rings. The van der Waals surface area contributed by atoms with Gasteiger partial charge in [-0.15, -0.1) is 5.10 Å². The standard InChI is InChI=1S/C26H24N4O2S/c1-29-18-23(27-28-29)24(31)22-17-30(25(22)32)33-26(19-11-5-2-6-12-19,20-13-7-3-8-14-20)21-15-9-4-10-16-21/h2-16,18,22,24,31H,17H2,1H3. The number of aryl methyl sites for hydroxylation is 1. The minimum Gasteiger partial charge on any atom is -0.386 e. The van der Waals surface area contributed by atoms with Crippen LogP contribution in [0.3, 0.4) is 0 Å². The lowest BCUT2D eigenvalue weighted by Gasteiger charge is -2.45. The monoisotopic (exact) mass is 456 g/mol. The van der Waals surface area contributed by atoms with Gasteiger partial charge in [-0.2, -0.15) is 0 Å². The highest BCUT2D eigenvalue weighted by Crippen LogP contribution is 2.52. The first-order valence-electron chi connectivity index (χ1n) is 10.8. The Morgan fingerprint density at radius 3 is 1.79 bits per heavy atom. The van der Waals surface area contributed by atoms with Gasteiger partial charge in [-0.1, -0.05) is 96.2 Å². The zero-order valence-electron chi connectivity index (χ0n) is 18.2. The van der Waals surface area contributed by atoms with Gasteiger partial charge in [0.1, 0.15) is 16.5 Å². The smallest absolute Gasteiger partial charge is 0.240 e. The SMILES string of the molecule is Cn1cc(C(O)C2CN(SC(c3ccccc3)(c3ccccc3)c3ccccc3)C2=O)nn1. The molecule has 166 valence electrons. The largest absolute Gasteiger partial charge is 0.386 e. The minimum absolute atomic E-state index is 0.106. The molecule has 1 fully saturated rings. The molecule has 1 amide bonds. The number of hydrogen-bond donors (Lipinski definition) is 1. The average molecular weight is 457 g/mol. The van der Waals surface area contributed by atoms with Crippen LogP contribution in [0.4, 0.5) is 0 Å². The van der Waals surface area contributed by atoms with Crippen LogP contribution < -0.4 is 0 Å². The number of nitrogens with zero attached hydrogens (tertiary/aromatic N) is 4. The molecule has 6 nitrogen and oxygen atoms in total. The van der Waals surface area contributed by atoms with Gasteiger partial charge < -0.3 is 5.11 Å². The maximum Gasteiger partial charge on any atom is 0.240 e. The van der Waals surface area contributed by atoms with Crippen LogP contribution in [-0.4, -0.2) is 36.9 Å². The third kappa shape index (κ3) is 3.83.